The van der Waals surface area contributed by atoms with Crippen LogP contribution in [0.5, 0.6) is 0 Å². The van der Waals surface area contributed by atoms with Crippen LogP contribution in [0.1, 0.15) is 20.8 Å². The average molecular weight is 300 g/mol. The maximum absolute atomic E-state index is 2.28. The lowest BCUT2D eigenvalue weighted by Gasteiger charge is -2.22. The van der Waals surface area contributed by atoms with Crippen molar-refractivity contribution < 1.29 is 0 Å². The van der Waals surface area contributed by atoms with Crippen LogP contribution in [0, 0.1) is 5.41 Å². The van der Waals surface area contributed by atoms with Crippen LogP contribution in [-0.4, -0.2) is 0 Å². The lowest BCUT2D eigenvalue weighted by Crippen LogP contribution is -2.06. The minimum absolute atomic E-state index is 0.155. The monoisotopic (exact) mass is 300 g/mol. The fourth-order valence-electron chi connectivity index (χ4n) is 1.59. The molecule has 0 fully saturated rings. The number of rotatable bonds is 4. The smallest absolute Gasteiger partial charge is 0.0119 e. The Morgan fingerprint density at radius 3 is 1.80 bits per heavy atom. The van der Waals surface area contributed by atoms with Crippen molar-refractivity contribution in [2.24, 2.45) is 5.41 Å². The molecule has 104 valence electrons. The Kier molecular flexibility index (Phi) is 5.38. The summed E-state index contributed by atoms with van der Waals surface area (Å²) in [5.41, 5.74) is 0.155. The van der Waals surface area contributed by atoms with E-state index in [0.717, 1.165) is 0 Å². The zero-order chi connectivity index (χ0) is 14.4. The minimum atomic E-state index is 0.155. The van der Waals surface area contributed by atoms with Gasteiger partial charge in [0.2, 0.25) is 0 Å². The highest BCUT2D eigenvalue weighted by molar-refractivity contribution is 8.06. The first kappa shape index (κ1) is 15.3. The maximum Gasteiger partial charge on any atom is 0.0119 e. The van der Waals surface area contributed by atoms with Gasteiger partial charge in [-0.3, -0.25) is 0 Å². The number of benzene rings is 2. The summed E-state index contributed by atoms with van der Waals surface area (Å²) in [7, 11) is 0. The van der Waals surface area contributed by atoms with Gasteiger partial charge in [-0.05, 0) is 35.1 Å². The molecule has 0 N–H and O–H groups in total. The fraction of sp³-hybridized carbons (Fsp3) is 0.222. The molecule has 20 heavy (non-hydrogen) atoms. The third-order valence-electron chi connectivity index (χ3n) is 2.76. The van der Waals surface area contributed by atoms with Gasteiger partial charge in [0.1, 0.15) is 0 Å². The first-order chi connectivity index (χ1) is 9.55. The molecule has 0 heterocycles. The van der Waals surface area contributed by atoms with Crippen LogP contribution >= 0.6 is 23.5 Å². The molecule has 0 aliphatic heterocycles. The molecule has 0 amide bonds. The molecule has 0 aliphatic rings. The van der Waals surface area contributed by atoms with Crippen LogP contribution in [0.15, 0.2) is 80.8 Å². The van der Waals surface area contributed by atoms with Gasteiger partial charge in [-0.25, -0.2) is 0 Å². The zero-order valence-electron chi connectivity index (χ0n) is 12.2. The second-order valence-electron chi connectivity index (χ2n) is 5.58. The number of hydrogen-bond donors (Lipinski definition) is 0. The van der Waals surface area contributed by atoms with Crippen LogP contribution < -0.4 is 0 Å². The number of allylic oxidation sites excluding steroid dienone is 1. The van der Waals surface area contributed by atoms with E-state index in [0.29, 0.717) is 0 Å². The van der Waals surface area contributed by atoms with Crippen LogP contribution in [0.3, 0.4) is 0 Å². The van der Waals surface area contributed by atoms with Crippen molar-refractivity contribution in [2.75, 3.05) is 0 Å². The van der Waals surface area contributed by atoms with E-state index in [1.54, 1.807) is 11.8 Å². The van der Waals surface area contributed by atoms with E-state index in [-0.39, 0.29) is 5.41 Å². The van der Waals surface area contributed by atoms with Gasteiger partial charge in [0.05, 0.1) is 0 Å². The molecule has 0 radical (unpaired) electrons. The standard InChI is InChI=1S/C18H20S2/c1-18(2,3)17(20-16-12-8-5-9-13-16)14-19-15-10-6-4-7-11-15/h4-14H,1-3H3/b17-14-. The molecular weight excluding hydrogens is 280 g/mol. The molecule has 0 bridgehead atoms. The highest BCUT2D eigenvalue weighted by atomic mass is 32.2. The Morgan fingerprint density at radius 1 is 0.800 bits per heavy atom. The van der Waals surface area contributed by atoms with Crippen molar-refractivity contribution in [1.29, 1.82) is 0 Å². The highest BCUT2D eigenvalue weighted by Crippen LogP contribution is 2.41. The van der Waals surface area contributed by atoms with Crippen LogP contribution in [0.25, 0.3) is 0 Å². The molecule has 0 unspecified atom stereocenters. The summed E-state index contributed by atoms with van der Waals surface area (Å²) in [6.45, 7) is 6.79. The van der Waals surface area contributed by atoms with E-state index >= 15 is 0 Å². The third kappa shape index (κ3) is 4.77. The number of thioether (sulfide) groups is 2. The van der Waals surface area contributed by atoms with Gasteiger partial charge in [-0.2, -0.15) is 0 Å². The summed E-state index contributed by atoms with van der Waals surface area (Å²) in [6, 6.07) is 21.1. The van der Waals surface area contributed by atoms with E-state index in [1.165, 1.54) is 14.7 Å². The van der Waals surface area contributed by atoms with E-state index in [2.05, 4.69) is 86.8 Å². The second-order valence-corrected chi connectivity index (χ2v) is 7.64. The van der Waals surface area contributed by atoms with Crippen molar-refractivity contribution in [3.63, 3.8) is 0 Å². The van der Waals surface area contributed by atoms with Gasteiger partial charge in [-0.1, -0.05) is 80.7 Å². The molecule has 2 heteroatoms. The van der Waals surface area contributed by atoms with Gasteiger partial charge < -0.3 is 0 Å². The molecule has 0 nitrogen and oxygen atoms in total. The van der Waals surface area contributed by atoms with Crippen LogP contribution in [0.4, 0.5) is 0 Å². The van der Waals surface area contributed by atoms with Gasteiger partial charge >= 0.3 is 0 Å². The molecule has 0 aliphatic carbocycles. The first-order valence-electron chi connectivity index (χ1n) is 6.71. The largest absolute Gasteiger partial charge is 0.0972 e. The van der Waals surface area contributed by atoms with Crippen LogP contribution in [0.2, 0.25) is 0 Å². The molecule has 2 aromatic rings. The Labute approximate surface area is 130 Å². The summed E-state index contributed by atoms with van der Waals surface area (Å²) < 4.78 is 0. The van der Waals surface area contributed by atoms with E-state index in [1.807, 2.05) is 11.8 Å². The quantitative estimate of drug-likeness (QED) is 0.594. The van der Waals surface area contributed by atoms with E-state index in [9.17, 15) is 0 Å². The molecule has 0 saturated carbocycles. The zero-order valence-corrected chi connectivity index (χ0v) is 13.8. The second kappa shape index (κ2) is 7.05. The maximum atomic E-state index is 2.28. The van der Waals surface area contributed by atoms with Gasteiger partial charge in [-0.15, -0.1) is 0 Å². The minimum Gasteiger partial charge on any atom is -0.0972 e. The van der Waals surface area contributed by atoms with E-state index < -0.39 is 0 Å². The third-order valence-corrected chi connectivity index (χ3v) is 5.26. The summed E-state index contributed by atoms with van der Waals surface area (Å²) >= 11 is 3.65. The average Bonchev–Trinajstić information content (AvgIpc) is 2.44. The Morgan fingerprint density at radius 2 is 1.30 bits per heavy atom. The summed E-state index contributed by atoms with van der Waals surface area (Å²) in [4.78, 5) is 3.96. The normalized spacial score (nSPS) is 12.4. The Bertz CT molecular complexity index is 551. The Balaban J connectivity index is 2.16. The van der Waals surface area contributed by atoms with Crippen molar-refractivity contribution in [3.8, 4) is 0 Å². The topological polar surface area (TPSA) is 0 Å². The lowest BCUT2D eigenvalue weighted by atomic mass is 9.97. The number of hydrogen-bond acceptors (Lipinski definition) is 2. The molecule has 0 atom stereocenters. The molecule has 0 spiro atoms. The molecular formula is C18H20S2. The van der Waals surface area contributed by atoms with Crippen molar-refractivity contribution in [1.82, 2.24) is 0 Å². The highest BCUT2D eigenvalue weighted by Gasteiger charge is 2.18. The fourth-order valence-corrected chi connectivity index (χ4v) is 3.69. The first-order valence-corrected chi connectivity index (χ1v) is 8.40. The molecule has 0 aromatic heterocycles. The van der Waals surface area contributed by atoms with Crippen molar-refractivity contribution in [2.45, 2.75) is 30.6 Å². The predicted octanol–water partition coefficient (Wildman–Crippen LogP) is 6.46. The van der Waals surface area contributed by atoms with Gasteiger partial charge in [0, 0.05) is 14.7 Å². The van der Waals surface area contributed by atoms with Crippen molar-refractivity contribution in [3.05, 3.63) is 71.0 Å². The van der Waals surface area contributed by atoms with Crippen LogP contribution in [-0.2, 0) is 0 Å². The molecule has 2 aromatic carbocycles. The Hall–Kier alpha value is -1.12. The van der Waals surface area contributed by atoms with E-state index in [4.69, 9.17) is 0 Å². The summed E-state index contributed by atoms with van der Waals surface area (Å²) in [5.74, 6) is 0. The van der Waals surface area contributed by atoms with Gasteiger partial charge in [0.25, 0.3) is 0 Å². The van der Waals surface area contributed by atoms with Gasteiger partial charge in [0.15, 0.2) is 0 Å². The molecule has 2 rings (SSSR count). The SMILES string of the molecule is CC(C)(C)/C(=C/Sc1ccccc1)Sc1ccccc1. The molecule has 0 saturated heterocycles. The van der Waals surface area contributed by atoms with Crippen molar-refractivity contribution >= 4 is 23.5 Å². The summed E-state index contributed by atoms with van der Waals surface area (Å²) in [6.07, 6.45) is 0. The predicted molar refractivity (Wildman–Crippen MR) is 92.1 cm³/mol. The summed E-state index contributed by atoms with van der Waals surface area (Å²) in [5, 5.41) is 2.28. The lowest BCUT2D eigenvalue weighted by molar-refractivity contribution is 0.534.